The Labute approximate surface area is 119 Å². The summed E-state index contributed by atoms with van der Waals surface area (Å²) in [5.74, 6) is 0.603. The fourth-order valence-electron chi connectivity index (χ4n) is 1.85. The molecule has 0 aliphatic heterocycles. The lowest BCUT2D eigenvalue weighted by Gasteiger charge is -2.25. The summed E-state index contributed by atoms with van der Waals surface area (Å²) in [6, 6.07) is 3.21. The van der Waals surface area contributed by atoms with Crippen LogP contribution in [0.4, 0.5) is 5.69 Å². The van der Waals surface area contributed by atoms with Crippen molar-refractivity contribution in [3.05, 3.63) is 17.7 Å². The number of nitrogen functional groups attached to an aromatic ring is 1. The molecule has 0 bridgehead atoms. The number of ether oxygens (including phenoxy) is 3. The van der Waals surface area contributed by atoms with Gasteiger partial charge in [0.2, 0.25) is 0 Å². The van der Waals surface area contributed by atoms with Crippen molar-refractivity contribution >= 4 is 11.6 Å². The van der Waals surface area contributed by atoms with Crippen LogP contribution in [0, 0.1) is 0 Å². The first-order valence-corrected chi connectivity index (χ1v) is 6.17. The fraction of sp³-hybridized carbons (Fsp3) is 0.500. The van der Waals surface area contributed by atoms with Crippen molar-refractivity contribution in [2.75, 3.05) is 33.7 Å². The maximum Gasteiger partial charge on any atom is 0.254 e. The Balaban J connectivity index is 3.09. The SMILES string of the molecule is COCC(C)(C)NC(=O)c1cc(OC)cc(OC)c1N. The molecule has 1 amide bonds. The molecule has 6 heteroatoms. The zero-order valence-corrected chi connectivity index (χ0v) is 12.6. The van der Waals surface area contributed by atoms with Gasteiger partial charge in [-0.25, -0.2) is 0 Å². The second-order valence-corrected chi connectivity index (χ2v) is 5.06. The van der Waals surface area contributed by atoms with E-state index in [-0.39, 0.29) is 11.6 Å². The van der Waals surface area contributed by atoms with Crippen LogP contribution in [0.2, 0.25) is 0 Å². The average molecular weight is 282 g/mol. The van der Waals surface area contributed by atoms with E-state index in [1.165, 1.54) is 14.2 Å². The number of benzene rings is 1. The van der Waals surface area contributed by atoms with Crippen LogP contribution in [0.25, 0.3) is 0 Å². The van der Waals surface area contributed by atoms with Crippen LogP contribution < -0.4 is 20.5 Å². The molecule has 0 saturated carbocycles. The minimum absolute atomic E-state index is 0.277. The van der Waals surface area contributed by atoms with Gasteiger partial charge < -0.3 is 25.3 Å². The van der Waals surface area contributed by atoms with Gasteiger partial charge in [0.1, 0.15) is 11.5 Å². The van der Waals surface area contributed by atoms with E-state index >= 15 is 0 Å². The third kappa shape index (κ3) is 3.77. The highest BCUT2D eigenvalue weighted by molar-refractivity contribution is 6.01. The van der Waals surface area contributed by atoms with Gasteiger partial charge in [-0.2, -0.15) is 0 Å². The molecule has 0 saturated heterocycles. The predicted molar refractivity (Wildman–Crippen MR) is 77.4 cm³/mol. The largest absolute Gasteiger partial charge is 0.497 e. The maximum atomic E-state index is 12.3. The average Bonchev–Trinajstić information content (AvgIpc) is 2.38. The molecule has 1 rings (SSSR count). The minimum atomic E-state index is -0.505. The van der Waals surface area contributed by atoms with Gasteiger partial charge in [0.15, 0.2) is 0 Å². The molecule has 1 aromatic carbocycles. The zero-order valence-electron chi connectivity index (χ0n) is 12.6. The number of carbonyl (C=O) groups excluding carboxylic acids is 1. The third-order valence-electron chi connectivity index (χ3n) is 2.77. The fourth-order valence-corrected chi connectivity index (χ4v) is 1.85. The Morgan fingerprint density at radius 2 is 1.90 bits per heavy atom. The second kappa shape index (κ2) is 6.47. The van der Waals surface area contributed by atoms with Crippen LogP contribution >= 0.6 is 0 Å². The molecule has 1 aromatic rings. The van der Waals surface area contributed by atoms with Crippen LogP contribution in [-0.2, 0) is 4.74 Å². The van der Waals surface area contributed by atoms with Crippen LogP contribution in [0.3, 0.4) is 0 Å². The molecule has 6 nitrogen and oxygen atoms in total. The summed E-state index contributed by atoms with van der Waals surface area (Å²) in [4.78, 5) is 12.3. The number of carbonyl (C=O) groups is 1. The maximum absolute atomic E-state index is 12.3. The van der Waals surface area contributed by atoms with E-state index in [0.717, 1.165) is 0 Å². The normalized spacial score (nSPS) is 11.1. The van der Waals surface area contributed by atoms with Crippen LogP contribution in [0.15, 0.2) is 12.1 Å². The number of methoxy groups -OCH3 is 3. The summed E-state index contributed by atoms with van der Waals surface area (Å²) in [6.45, 7) is 4.11. The smallest absolute Gasteiger partial charge is 0.254 e. The quantitative estimate of drug-likeness (QED) is 0.771. The lowest BCUT2D eigenvalue weighted by Crippen LogP contribution is -2.46. The van der Waals surface area contributed by atoms with Crippen LogP contribution in [-0.4, -0.2) is 39.4 Å². The summed E-state index contributed by atoms with van der Waals surface area (Å²) in [5.41, 5.74) is 6.02. The predicted octanol–water partition coefficient (Wildman–Crippen LogP) is 1.44. The van der Waals surface area contributed by atoms with Gasteiger partial charge in [0.05, 0.1) is 37.6 Å². The number of anilines is 1. The van der Waals surface area contributed by atoms with E-state index in [1.807, 2.05) is 13.8 Å². The van der Waals surface area contributed by atoms with Crippen molar-refractivity contribution in [1.29, 1.82) is 0 Å². The molecule has 20 heavy (non-hydrogen) atoms. The van der Waals surface area contributed by atoms with E-state index in [1.54, 1.807) is 19.2 Å². The second-order valence-electron chi connectivity index (χ2n) is 5.06. The molecule has 0 aliphatic carbocycles. The van der Waals surface area contributed by atoms with Crippen molar-refractivity contribution in [3.63, 3.8) is 0 Å². The summed E-state index contributed by atoms with van der Waals surface area (Å²) < 4.78 is 15.4. The Hall–Kier alpha value is -1.95. The van der Waals surface area contributed by atoms with E-state index in [0.29, 0.717) is 23.7 Å². The van der Waals surface area contributed by atoms with Gasteiger partial charge in [-0.05, 0) is 19.9 Å². The van der Waals surface area contributed by atoms with Crippen molar-refractivity contribution in [2.45, 2.75) is 19.4 Å². The summed E-state index contributed by atoms with van der Waals surface area (Å²) in [6.07, 6.45) is 0. The Kier molecular flexibility index (Phi) is 5.21. The van der Waals surface area contributed by atoms with Gasteiger partial charge in [-0.3, -0.25) is 4.79 Å². The third-order valence-corrected chi connectivity index (χ3v) is 2.77. The molecule has 112 valence electrons. The molecule has 0 unspecified atom stereocenters. The summed E-state index contributed by atoms with van der Waals surface area (Å²) in [5, 5.41) is 2.86. The van der Waals surface area contributed by atoms with E-state index in [9.17, 15) is 4.79 Å². The number of amides is 1. The first-order valence-electron chi connectivity index (χ1n) is 6.17. The summed E-state index contributed by atoms with van der Waals surface area (Å²) >= 11 is 0. The van der Waals surface area contributed by atoms with Crippen molar-refractivity contribution < 1.29 is 19.0 Å². The molecule has 0 fully saturated rings. The van der Waals surface area contributed by atoms with Gasteiger partial charge in [-0.1, -0.05) is 0 Å². The van der Waals surface area contributed by atoms with Crippen LogP contribution in [0.1, 0.15) is 24.2 Å². The van der Waals surface area contributed by atoms with Gasteiger partial charge in [0, 0.05) is 13.2 Å². The first kappa shape index (κ1) is 16.1. The Morgan fingerprint density at radius 1 is 1.25 bits per heavy atom. The zero-order chi connectivity index (χ0) is 15.3. The molecular weight excluding hydrogens is 260 g/mol. The van der Waals surface area contributed by atoms with Gasteiger partial charge in [-0.15, -0.1) is 0 Å². The molecule has 0 aromatic heterocycles. The van der Waals surface area contributed by atoms with Crippen LogP contribution in [0.5, 0.6) is 11.5 Å². The van der Waals surface area contributed by atoms with Gasteiger partial charge >= 0.3 is 0 Å². The van der Waals surface area contributed by atoms with Crippen molar-refractivity contribution in [2.24, 2.45) is 0 Å². The highest BCUT2D eigenvalue weighted by Gasteiger charge is 2.23. The molecule has 0 spiro atoms. The summed E-state index contributed by atoms with van der Waals surface area (Å²) in [7, 11) is 4.58. The highest BCUT2D eigenvalue weighted by Crippen LogP contribution is 2.31. The standard InChI is InChI=1S/C14H22N2O4/c1-14(2,8-18-3)16-13(17)10-6-9(19-4)7-11(20-5)12(10)15/h6-7H,8,15H2,1-5H3,(H,16,17). The topological polar surface area (TPSA) is 82.8 Å². The van der Waals surface area contributed by atoms with Crippen molar-refractivity contribution in [3.8, 4) is 11.5 Å². The first-order chi connectivity index (χ1) is 9.34. The molecule has 0 atom stereocenters. The highest BCUT2D eigenvalue weighted by atomic mass is 16.5. The lowest BCUT2D eigenvalue weighted by atomic mass is 10.0. The Bertz CT molecular complexity index is 486. The number of nitrogens with one attached hydrogen (secondary N) is 1. The molecule has 0 aliphatic rings. The molecule has 0 heterocycles. The van der Waals surface area contributed by atoms with E-state index in [2.05, 4.69) is 5.32 Å². The number of rotatable bonds is 6. The van der Waals surface area contributed by atoms with E-state index < -0.39 is 5.54 Å². The lowest BCUT2D eigenvalue weighted by molar-refractivity contribution is 0.0820. The molecule has 3 N–H and O–H groups in total. The minimum Gasteiger partial charge on any atom is -0.497 e. The van der Waals surface area contributed by atoms with Gasteiger partial charge in [0.25, 0.3) is 5.91 Å². The molecule has 0 radical (unpaired) electrons. The number of nitrogens with two attached hydrogens (primary N) is 1. The van der Waals surface area contributed by atoms with Crippen molar-refractivity contribution in [1.82, 2.24) is 5.32 Å². The monoisotopic (exact) mass is 282 g/mol. The number of hydrogen-bond donors (Lipinski definition) is 2. The molecular formula is C14H22N2O4. The van der Waals surface area contributed by atoms with E-state index in [4.69, 9.17) is 19.9 Å². The Morgan fingerprint density at radius 3 is 2.40 bits per heavy atom. The number of hydrogen-bond acceptors (Lipinski definition) is 5.